The van der Waals surface area contributed by atoms with Crippen LogP contribution < -0.4 is 4.31 Å². The Morgan fingerprint density at radius 3 is 2.18 bits per heavy atom. The van der Waals surface area contributed by atoms with Gasteiger partial charge in [-0.05, 0) is 62.8 Å². The van der Waals surface area contributed by atoms with E-state index in [0.29, 0.717) is 26.3 Å². The lowest BCUT2D eigenvalue weighted by Gasteiger charge is -2.36. The molecule has 8 nitrogen and oxygen atoms in total. The van der Waals surface area contributed by atoms with Gasteiger partial charge in [0.2, 0.25) is 10.0 Å². The Bertz CT molecular complexity index is 1260. The summed E-state index contributed by atoms with van der Waals surface area (Å²) in [7, 11) is -5.47. The Balaban J connectivity index is 1.50. The number of fused-ring (bicyclic) bond motifs is 3. The molecule has 2 atom stereocenters. The van der Waals surface area contributed by atoms with E-state index in [1.807, 2.05) is 19.1 Å². The van der Waals surface area contributed by atoms with E-state index >= 15 is 0 Å². The number of ether oxygens (including phenoxy) is 1. The molecule has 0 N–H and O–H groups in total. The lowest BCUT2D eigenvalue weighted by molar-refractivity contribution is 0.0730. The summed E-state index contributed by atoms with van der Waals surface area (Å²) in [4.78, 5) is 2.45. The van der Waals surface area contributed by atoms with E-state index < -0.39 is 20.0 Å². The number of benzene rings is 2. The van der Waals surface area contributed by atoms with Gasteiger partial charge in [-0.2, -0.15) is 4.31 Å². The van der Waals surface area contributed by atoms with Crippen LogP contribution in [0.4, 0.5) is 5.69 Å². The predicted molar refractivity (Wildman–Crippen MR) is 126 cm³/mol. The van der Waals surface area contributed by atoms with Crippen LogP contribution in [-0.4, -0.2) is 78.5 Å². The van der Waals surface area contributed by atoms with E-state index in [-0.39, 0.29) is 21.8 Å². The molecule has 0 aliphatic carbocycles. The van der Waals surface area contributed by atoms with E-state index in [0.717, 1.165) is 36.3 Å². The summed E-state index contributed by atoms with van der Waals surface area (Å²) in [5, 5.41) is 0. The molecule has 5 rings (SSSR count). The van der Waals surface area contributed by atoms with E-state index in [1.165, 1.54) is 28.6 Å². The SMILES string of the molecule is Cc1ccc2c(c1)[C@H]1CN(C)CC[C@H]1N2S(=O)(=O)c1ccc(S(=O)(=O)N2CCOCC2)cc1. The van der Waals surface area contributed by atoms with Crippen molar-refractivity contribution in [2.45, 2.75) is 35.1 Å². The largest absolute Gasteiger partial charge is 0.379 e. The molecule has 0 amide bonds. The molecule has 0 saturated carbocycles. The summed E-state index contributed by atoms with van der Waals surface area (Å²) in [6, 6.07) is 11.4. The number of hydrogen-bond acceptors (Lipinski definition) is 6. The highest BCUT2D eigenvalue weighted by molar-refractivity contribution is 7.93. The van der Waals surface area contributed by atoms with Crippen molar-refractivity contribution in [1.29, 1.82) is 0 Å². The first-order chi connectivity index (χ1) is 15.7. The predicted octanol–water partition coefficient (Wildman–Crippen LogP) is 2.01. The normalized spacial score (nSPS) is 24.5. The standard InChI is InChI=1S/C23H29N3O5S2/c1-17-3-8-22-20(15-17)21-16-24(2)10-9-23(21)26(22)33(29,30)19-6-4-18(5-7-19)32(27,28)25-11-13-31-14-12-25/h3-8,15,21,23H,9-14,16H2,1-2H3/t21-,23-/m1/s1. The zero-order valence-corrected chi connectivity index (χ0v) is 20.5. The lowest BCUT2D eigenvalue weighted by Crippen LogP contribution is -2.47. The molecule has 2 aromatic rings. The highest BCUT2D eigenvalue weighted by Crippen LogP contribution is 2.47. The fourth-order valence-corrected chi connectivity index (χ4v) is 8.33. The highest BCUT2D eigenvalue weighted by Gasteiger charge is 2.46. The monoisotopic (exact) mass is 491 g/mol. The second-order valence-corrected chi connectivity index (χ2v) is 12.8. The number of rotatable bonds is 4. The van der Waals surface area contributed by atoms with Crippen LogP contribution in [0.25, 0.3) is 0 Å². The summed E-state index contributed by atoms with van der Waals surface area (Å²) >= 11 is 0. The average molecular weight is 492 g/mol. The molecule has 0 spiro atoms. The van der Waals surface area contributed by atoms with Gasteiger partial charge in [0.05, 0.1) is 34.7 Å². The van der Waals surface area contributed by atoms with Gasteiger partial charge in [0, 0.05) is 25.6 Å². The Morgan fingerprint density at radius 2 is 1.52 bits per heavy atom. The van der Waals surface area contributed by atoms with Gasteiger partial charge in [-0.25, -0.2) is 16.8 Å². The van der Waals surface area contributed by atoms with Gasteiger partial charge in [-0.3, -0.25) is 4.31 Å². The Hall–Kier alpha value is -1.98. The van der Waals surface area contributed by atoms with Gasteiger partial charge in [0.1, 0.15) is 0 Å². The number of morpholine rings is 1. The molecule has 33 heavy (non-hydrogen) atoms. The van der Waals surface area contributed by atoms with Crippen LogP contribution in [0.1, 0.15) is 23.5 Å². The molecule has 10 heteroatoms. The maximum atomic E-state index is 13.8. The number of nitrogens with zero attached hydrogens (tertiary/aromatic N) is 3. The number of hydrogen-bond donors (Lipinski definition) is 0. The van der Waals surface area contributed by atoms with Crippen LogP contribution >= 0.6 is 0 Å². The molecule has 0 unspecified atom stereocenters. The molecule has 3 aliphatic rings. The van der Waals surface area contributed by atoms with Crippen molar-refractivity contribution >= 4 is 25.7 Å². The molecule has 2 aromatic carbocycles. The van der Waals surface area contributed by atoms with Crippen molar-refractivity contribution in [2.75, 3.05) is 50.7 Å². The van der Waals surface area contributed by atoms with Gasteiger partial charge in [0.25, 0.3) is 10.0 Å². The molecule has 0 aromatic heterocycles. The van der Waals surface area contributed by atoms with Crippen molar-refractivity contribution in [3.63, 3.8) is 0 Å². The zero-order valence-electron chi connectivity index (χ0n) is 18.8. The van der Waals surface area contributed by atoms with Crippen LogP contribution in [0.3, 0.4) is 0 Å². The highest BCUT2D eigenvalue weighted by atomic mass is 32.2. The molecule has 0 radical (unpaired) electrons. The minimum Gasteiger partial charge on any atom is -0.379 e. The van der Waals surface area contributed by atoms with Crippen molar-refractivity contribution in [3.05, 3.63) is 53.6 Å². The first-order valence-corrected chi connectivity index (χ1v) is 14.1. The first kappa shape index (κ1) is 22.8. The van der Waals surface area contributed by atoms with Gasteiger partial charge in [0.15, 0.2) is 0 Å². The number of likely N-dealkylation sites (N-methyl/N-ethyl adjacent to an activating group) is 1. The Morgan fingerprint density at radius 1 is 0.879 bits per heavy atom. The van der Waals surface area contributed by atoms with Crippen LogP contribution in [-0.2, 0) is 24.8 Å². The number of aryl methyl sites for hydroxylation is 1. The van der Waals surface area contributed by atoms with Crippen molar-refractivity contribution in [2.24, 2.45) is 0 Å². The quantitative estimate of drug-likeness (QED) is 0.650. The maximum Gasteiger partial charge on any atom is 0.264 e. The van der Waals surface area contributed by atoms with Crippen LogP contribution in [0.2, 0.25) is 0 Å². The second kappa shape index (κ2) is 8.35. The van der Waals surface area contributed by atoms with Gasteiger partial charge < -0.3 is 9.64 Å². The minimum atomic E-state index is -3.85. The van der Waals surface area contributed by atoms with E-state index in [1.54, 1.807) is 4.31 Å². The van der Waals surface area contributed by atoms with Gasteiger partial charge in [-0.15, -0.1) is 0 Å². The summed E-state index contributed by atoms with van der Waals surface area (Å²) in [6.07, 6.45) is 0.748. The minimum absolute atomic E-state index is 0.0953. The van der Waals surface area contributed by atoms with Crippen molar-refractivity contribution < 1.29 is 21.6 Å². The van der Waals surface area contributed by atoms with E-state index in [4.69, 9.17) is 4.74 Å². The number of piperidine rings is 1. The average Bonchev–Trinajstić information content (AvgIpc) is 3.13. The Kier molecular flexibility index (Phi) is 5.77. The third kappa shape index (κ3) is 3.87. The second-order valence-electron chi connectivity index (χ2n) is 9.08. The number of anilines is 1. The summed E-state index contributed by atoms with van der Waals surface area (Å²) in [6.45, 7) is 4.97. The third-order valence-electron chi connectivity index (χ3n) is 6.89. The molecular formula is C23H29N3O5S2. The van der Waals surface area contributed by atoms with Crippen LogP contribution in [0, 0.1) is 6.92 Å². The van der Waals surface area contributed by atoms with Gasteiger partial charge in [-0.1, -0.05) is 17.7 Å². The zero-order chi connectivity index (χ0) is 23.4. The Labute approximate surface area is 195 Å². The third-order valence-corrected chi connectivity index (χ3v) is 10.7. The lowest BCUT2D eigenvalue weighted by atomic mass is 9.89. The van der Waals surface area contributed by atoms with E-state index in [9.17, 15) is 16.8 Å². The van der Waals surface area contributed by atoms with Crippen LogP contribution in [0.5, 0.6) is 0 Å². The molecular weight excluding hydrogens is 462 g/mol. The molecule has 2 saturated heterocycles. The van der Waals surface area contributed by atoms with Crippen LogP contribution in [0.15, 0.2) is 52.3 Å². The van der Waals surface area contributed by atoms with Crippen molar-refractivity contribution in [3.8, 4) is 0 Å². The number of likely N-dealkylation sites (tertiary alicyclic amines) is 1. The number of sulfonamides is 2. The smallest absolute Gasteiger partial charge is 0.264 e. The summed E-state index contributed by atoms with van der Waals surface area (Å²) < 4.78 is 61.7. The van der Waals surface area contributed by atoms with E-state index in [2.05, 4.69) is 18.0 Å². The van der Waals surface area contributed by atoms with Gasteiger partial charge >= 0.3 is 0 Å². The maximum absolute atomic E-state index is 13.8. The summed E-state index contributed by atoms with van der Waals surface area (Å²) in [5.41, 5.74) is 2.91. The van der Waals surface area contributed by atoms with Crippen molar-refractivity contribution in [1.82, 2.24) is 9.21 Å². The fourth-order valence-electron chi connectivity index (χ4n) is 5.18. The molecule has 2 fully saturated rings. The fraction of sp³-hybridized carbons (Fsp3) is 0.478. The first-order valence-electron chi connectivity index (χ1n) is 11.2. The molecule has 178 valence electrons. The molecule has 3 aliphatic heterocycles. The topological polar surface area (TPSA) is 87.2 Å². The molecule has 0 bridgehead atoms. The summed E-state index contributed by atoms with van der Waals surface area (Å²) in [5.74, 6) is 0.120. The molecule has 3 heterocycles.